The van der Waals surface area contributed by atoms with Crippen molar-refractivity contribution in [2.45, 2.75) is 11.1 Å². The molecule has 2 aromatic carbocycles. The summed E-state index contributed by atoms with van der Waals surface area (Å²) >= 11 is 5.38. The average Bonchev–Trinajstić information content (AvgIpc) is 3.55. The van der Waals surface area contributed by atoms with Crippen molar-refractivity contribution in [3.8, 4) is 11.1 Å². The van der Waals surface area contributed by atoms with Crippen LogP contribution in [0, 0.1) is 0 Å². The highest BCUT2D eigenvalue weighted by atomic mass is 79.9. The minimum absolute atomic E-state index is 0.00258. The van der Waals surface area contributed by atoms with Gasteiger partial charge < -0.3 is 14.8 Å². The molecule has 2 aromatic heterocycles. The second-order valence-corrected chi connectivity index (χ2v) is 13.0. The number of nitrogens with one attached hydrogen (secondary N) is 2. The number of hydrogen-bond donors (Lipinski definition) is 2. The first-order chi connectivity index (χ1) is 18.7. The summed E-state index contributed by atoms with van der Waals surface area (Å²) in [7, 11) is -3.95. The Balaban J connectivity index is 1.47. The number of halogens is 1. The lowest BCUT2D eigenvalue weighted by molar-refractivity contribution is -0.119. The van der Waals surface area contributed by atoms with Crippen molar-refractivity contribution in [1.29, 1.82) is 0 Å². The third kappa shape index (κ3) is 6.92. The van der Waals surface area contributed by atoms with Gasteiger partial charge in [-0.05, 0) is 52.7 Å². The monoisotopic (exact) mass is 648 g/mol. The van der Waals surface area contributed by atoms with Crippen LogP contribution in [0.5, 0.6) is 0 Å². The number of sulfonamides is 1. The van der Waals surface area contributed by atoms with E-state index in [1.807, 2.05) is 30.3 Å². The van der Waals surface area contributed by atoms with Crippen molar-refractivity contribution >= 4 is 77.2 Å². The summed E-state index contributed by atoms with van der Waals surface area (Å²) in [6, 6.07) is 18.1. The second kappa shape index (κ2) is 12.6. The standard InChI is InChI=1S/C26H21BrN2O7S3/c1-2-35-26(32)23-18(16-8-4-3-5-9-16)15-37-24(23)28-21(30)14-36-25(31)17-10-6-7-11-19(17)29-39(33,34)22-13-12-20(27)38-22/h3-13,15,29H,2,14H2,1H3,(H,28,30). The van der Waals surface area contributed by atoms with E-state index in [9.17, 15) is 22.8 Å². The molecule has 4 aromatic rings. The number of benzene rings is 2. The van der Waals surface area contributed by atoms with E-state index in [1.165, 1.54) is 18.2 Å². The van der Waals surface area contributed by atoms with Gasteiger partial charge in [0.25, 0.3) is 15.9 Å². The molecule has 2 heterocycles. The van der Waals surface area contributed by atoms with Crippen molar-refractivity contribution in [1.82, 2.24) is 0 Å². The number of carbonyl (C=O) groups is 3. The van der Waals surface area contributed by atoms with Gasteiger partial charge in [-0.1, -0.05) is 42.5 Å². The van der Waals surface area contributed by atoms with Gasteiger partial charge in [0.05, 0.1) is 21.6 Å². The highest BCUT2D eigenvalue weighted by Gasteiger charge is 2.24. The Morgan fingerprint density at radius 3 is 2.33 bits per heavy atom. The van der Waals surface area contributed by atoms with Crippen LogP contribution < -0.4 is 10.0 Å². The third-order valence-electron chi connectivity index (χ3n) is 5.15. The molecule has 202 valence electrons. The van der Waals surface area contributed by atoms with Gasteiger partial charge in [-0.2, -0.15) is 0 Å². The number of para-hydroxylation sites is 1. The minimum Gasteiger partial charge on any atom is -0.462 e. The molecule has 0 radical (unpaired) electrons. The molecule has 0 aliphatic heterocycles. The fourth-order valence-corrected chi connectivity index (χ4v) is 7.51. The molecule has 0 aliphatic rings. The number of ether oxygens (including phenoxy) is 2. The van der Waals surface area contributed by atoms with Crippen LogP contribution in [0.25, 0.3) is 11.1 Å². The predicted octanol–water partition coefficient (Wildman–Crippen LogP) is 6.01. The summed E-state index contributed by atoms with van der Waals surface area (Å²) in [5.74, 6) is -2.18. The summed E-state index contributed by atoms with van der Waals surface area (Å²) in [4.78, 5) is 38.2. The van der Waals surface area contributed by atoms with E-state index in [1.54, 1.807) is 30.5 Å². The van der Waals surface area contributed by atoms with Crippen molar-refractivity contribution in [2.75, 3.05) is 23.3 Å². The van der Waals surface area contributed by atoms with Gasteiger partial charge in [-0.3, -0.25) is 9.52 Å². The molecule has 0 bridgehead atoms. The SMILES string of the molecule is CCOC(=O)c1c(-c2ccccc2)csc1NC(=O)COC(=O)c1ccccc1NS(=O)(=O)c1ccc(Br)s1. The maximum atomic E-state index is 12.8. The van der Waals surface area contributed by atoms with E-state index in [-0.39, 0.29) is 32.6 Å². The van der Waals surface area contributed by atoms with Gasteiger partial charge in [0.15, 0.2) is 6.61 Å². The molecule has 4 rings (SSSR count). The maximum absolute atomic E-state index is 12.8. The van der Waals surface area contributed by atoms with E-state index < -0.39 is 34.5 Å². The van der Waals surface area contributed by atoms with Gasteiger partial charge in [-0.15, -0.1) is 22.7 Å². The van der Waals surface area contributed by atoms with E-state index in [2.05, 4.69) is 26.0 Å². The predicted molar refractivity (Wildman–Crippen MR) is 154 cm³/mol. The molecule has 0 unspecified atom stereocenters. The minimum atomic E-state index is -3.95. The highest BCUT2D eigenvalue weighted by molar-refractivity contribution is 9.11. The normalized spacial score (nSPS) is 11.0. The topological polar surface area (TPSA) is 128 Å². The summed E-state index contributed by atoms with van der Waals surface area (Å²) in [6.45, 7) is 1.17. The van der Waals surface area contributed by atoms with Gasteiger partial charge >= 0.3 is 11.9 Å². The van der Waals surface area contributed by atoms with E-state index in [4.69, 9.17) is 9.47 Å². The van der Waals surface area contributed by atoms with Gasteiger partial charge in [0, 0.05) is 10.9 Å². The smallest absolute Gasteiger partial charge is 0.341 e. The Hall–Kier alpha value is -3.52. The Bertz CT molecular complexity index is 1620. The number of amides is 1. The molecule has 0 spiro atoms. The number of esters is 2. The van der Waals surface area contributed by atoms with Crippen LogP contribution in [-0.4, -0.2) is 39.5 Å². The fraction of sp³-hybridized carbons (Fsp3) is 0.115. The molecule has 0 atom stereocenters. The zero-order chi connectivity index (χ0) is 28.0. The maximum Gasteiger partial charge on any atom is 0.341 e. The first-order valence-electron chi connectivity index (χ1n) is 11.4. The van der Waals surface area contributed by atoms with E-state index >= 15 is 0 Å². The Labute approximate surface area is 241 Å². The van der Waals surface area contributed by atoms with Crippen molar-refractivity contribution in [2.24, 2.45) is 0 Å². The molecule has 13 heteroatoms. The van der Waals surface area contributed by atoms with Crippen LogP contribution in [0.15, 0.2) is 80.1 Å². The molecule has 0 saturated carbocycles. The molecular formula is C26H21BrN2O7S3. The molecular weight excluding hydrogens is 628 g/mol. The van der Waals surface area contributed by atoms with Crippen molar-refractivity contribution < 1.29 is 32.3 Å². The lowest BCUT2D eigenvalue weighted by Crippen LogP contribution is -2.22. The summed E-state index contributed by atoms with van der Waals surface area (Å²) in [6.07, 6.45) is 0. The zero-order valence-corrected chi connectivity index (χ0v) is 24.3. The molecule has 0 saturated heterocycles. The Kier molecular flexibility index (Phi) is 9.17. The lowest BCUT2D eigenvalue weighted by atomic mass is 10.0. The van der Waals surface area contributed by atoms with Crippen LogP contribution in [0.1, 0.15) is 27.6 Å². The fourth-order valence-electron chi connectivity index (χ4n) is 3.44. The molecule has 1 amide bonds. The number of carbonyl (C=O) groups excluding carboxylic acids is 3. The van der Waals surface area contributed by atoms with Crippen LogP contribution in [0.2, 0.25) is 0 Å². The third-order valence-corrected chi connectivity index (χ3v) is 9.52. The molecule has 2 N–H and O–H groups in total. The number of anilines is 2. The average molecular weight is 650 g/mol. The largest absolute Gasteiger partial charge is 0.462 e. The van der Waals surface area contributed by atoms with E-state index in [0.717, 1.165) is 28.2 Å². The number of thiophene rings is 2. The van der Waals surface area contributed by atoms with Crippen molar-refractivity contribution in [3.05, 3.63) is 87.0 Å². The second-order valence-electron chi connectivity index (χ2n) is 7.77. The van der Waals surface area contributed by atoms with Crippen molar-refractivity contribution in [3.63, 3.8) is 0 Å². The molecule has 9 nitrogen and oxygen atoms in total. The van der Waals surface area contributed by atoms with Gasteiger partial charge in [0.1, 0.15) is 14.8 Å². The Morgan fingerprint density at radius 2 is 1.64 bits per heavy atom. The Morgan fingerprint density at radius 1 is 0.923 bits per heavy atom. The zero-order valence-electron chi connectivity index (χ0n) is 20.3. The molecule has 0 aliphatic carbocycles. The summed E-state index contributed by atoms with van der Waals surface area (Å²) in [5, 5.41) is 4.60. The first kappa shape index (κ1) is 28.5. The molecule has 0 fully saturated rings. The van der Waals surface area contributed by atoms with Crippen LogP contribution >= 0.6 is 38.6 Å². The van der Waals surface area contributed by atoms with Crippen LogP contribution in [0.4, 0.5) is 10.7 Å². The van der Waals surface area contributed by atoms with Gasteiger partial charge in [-0.25, -0.2) is 18.0 Å². The van der Waals surface area contributed by atoms with Crippen LogP contribution in [0.3, 0.4) is 0 Å². The van der Waals surface area contributed by atoms with Crippen LogP contribution in [-0.2, 0) is 24.3 Å². The highest BCUT2D eigenvalue weighted by Crippen LogP contribution is 2.36. The first-order valence-corrected chi connectivity index (χ1v) is 15.3. The summed E-state index contributed by atoms with van der Waals surface area (Å²) < 4.78 is 38.9. The lowest BCUT2D eigenvalue weighted by Gasteiger charge is -2.12. The summed E-state index contributed by atoms with van der Waals surface area (Å²) in [5.41, 5.74) is 1.51. The molecule has 39 heavy (non-hydrogen) atoms. The quantitative estimate of drug-likeness (QED) is 0.202. The number of rotatable bonds is 10. The van der Waals surface area contributed by atoms with E-state index in [0.29, 0.717) is 9.35 Å². The van der Waals surface area contributed by atoms with Gasteiger partial charge in [0.2, 0.25) is 0 Å². The number of hydrogen-bond acceptors (Lipinski definition) is 9.